The first-order valence-corrected chi connectivity index (χ1v) is 13.3. The van der Waals surface area contributed by atoms with Gasteiger partial charge in [0, 0.05) is 12.1 Å². The SMILES string of the molecule is COc1cc2c(cc1OCc1ccccc1)CCNC2C=Cc1ccc(OC)c(OCc2ccccc2)c1C. The number of hydrogen-bond acceptors (Lipinski definition) is 5. The number of nitrogens with one attached hydrogen (secondary N) is 1. The van der Waals surface area contributed by atoms with E-state index in [4.69, 9.17) is 18.9 Å². The quantitative estimate of drug-likeness (QED) is 0.242. The molecule has 0 fully saturated rings. The molecule has 0 bridgehead atoms. The predicted octanol–water partition coefficient (Wildman–Crippen LogP) is 7.07. The van der Waals surface area contributed by atoms with E-state index in [-0.39, 0.29) is 6.04 Å². The van der Waals surface area contributed by atoms with Crippen LogP contribution in [0.1, 0.15) is 39.4 Å². The van der Waals surface area contributed by atoms with Crippen molar-refractivity contribution in [2.45, 2.75) is 32.6 Å². The maximum atomic E-state index is 6.23. The molecule has 0 amide bonds. The first kappa shape index (κ1) is 26.4. The predicted molar refractivity (Wildman–Crippen MR) is 156 cm³/mol. The minimum Gasteiger partial charge on any atom is -0.493 e. The third-order valence-corrected chi connectivity index (χ3v) is 7.08. The van der Waals surface area contributed by atoms with E-state index in [2.05, 4.69) is 66.9 Å². The maximum Gasteiger partial charge on any atom is 0.165 e. The number of rotatable bonds is 10. The molecule has 1 unspecified atom stereocenters. The molecule has 0 saturated heterocycles. The van der Waals surface area contributed by atoms with Crippen molar-refractivity contribution in [1.82, 2.24) is 5.32 Å². The smallest absolute Gasteiger partial charge is 0.165 e. The Bertz CT molecular complexity index is 1420. The Morgan fingerprint density at radius 1 is 0.769 bits per heavy atom. The van der Waals surface area contributed by atoms with E-state index < -0.39 is 0 Å². The van der Waals surface area contributed by atoms with Gasteiger partial charge in [0.15, 0.2) is 23.0 Å². The van der Waals surface area contributed by atoms with Crippen LogP contribution in [0.15, 0.2) is 91.0 Å². The molecule has 5 heteroatoms. The Hall–Kier alpha value is -4.22. The van der Waals surface area contributed by atoms with Crippen molar-refractivity contribution in [3.8, 4) is 23.0 Å². The molecule has 0 aromatic heterocycles. The van der Waals surface area contributed by atoms with Crippen molar-refractivity contribution < 1.29 is 18.9 Å². The zero-order chi connectivity index (χ0) is 27.0. The topological polar surface area (TPSA) is 49.0 Å². The summed E-state index contributed by atoms with van der Waals surface area (Å²) in [7, 11) is 3.36. The van der Waals surface area contributed by atoms with Crippen LogP contribution in [0.5, 0.6) is 23.0 Å². The van der Waals surface area contributed by atoms with Crippen LogP contribution in [0.3, 0.4) is 0 Å². The molecule has 0 spiro atoms. The first-order valence-electron chi connectivity index (χ1n) is 13.3. The average Bonchev–Trinajstić information content (AvgIpc) is 2.99. The fraction of sp³-hybridized carbons (Fsp3) is 0.235. The van der Waals surface area contributed by atoms with Gasteiger partial charge in [-0.2, -0.15) is 0 Å². The zero-order valence-corrected chi connectivity index (χ0v) is 22.8. The van der Waals surface area contributed by atoms with Crippen molar-refractivity contribution in [2.24, 2.45) is 0 Å². The van der Waals surface area contributed by atoms with Gasteiger partial charge in [-0.05, 0) is 59.4 Å². The summed E-state index contributed by atoms with van der Waals surface area (Å²) in [6.07, 6.45) is 5.30. The van der Waals surface area contributed by atoms with Crippen LogP contribution in [0, 0.1) is 6.92 Å². The minimum atomic E-state index is 0.0565. The van der Waals surface area contributed by atoms with Crippen molar-refractivity contribution >= 4 is 6.08 Å². The number of ether oxygens (including phenoxy) is 4. The van der Waals surface area contributed by atoms with Gasteiger partial charge in [-0.25, -0.2) is 0 Å². The Morgan fingerprint density at radius 3 is 2.10 bits per heavy atom. The Kier molecular flexibility index (Phi) is 8.49. The lowest BCUT2D eigenvalue weighted by atomic mass is 9.92. The standard InChI is InChI=1S/C34H35NO4/c1-24-27(15-17-31(36-2)34(24)39-23-26-12-8-5-9-13-26)14-16-30-29-21-32(37-3)33(20-28(29)18-19-35-30)38-22-25-10-6-4-7-11-25/h4-17,20-21,30,35H,18-19,22-23H2,1-3H3. The molecular weight excluding hydrogens is 486 g/mol. The molecule has 0 aliphatic carbocycles. The summed E-state index contributed by atoms with van der Waals surface area (Å²) in [5, 5.41) is 3.64. The van der Waals surface area contributed by atoms with Crippen LogP contribution in [0.2, 0.25) is 0 Å². The third-order valence-electron chi connectivity index (χ3n) is 7.08. The highest BCUT2D eigenvalue weighted by Crippen LogP contribution is 2.38. The molecule has 1 N–H and O–H groups in total. The average molecular weight is 522 g/mol. The molecule has 5 rings (SSSR count). The minimum absolute atomic E-state index is 0.0565. The van der Waals surface area contributed by atoms with Crippen LogP contribution in [-0.4, -0.2) is 20.8 Å². The molecular formula is C34H35NO4. The van der Waals surface area contributed by atoms with Gasteiger partial charge >= 0.3 is 0 Å². The van der Waals surface area contributed by atoms with Gasteiger partial charge in [-0.15, -0.1) is 0 Å². The van der Waals surface area contributed by atoms with Crippen molar-refractivity contribution in [3.05, 3.63) is 124 Å². The van der Waals surface area contributed by atoms with E-state index in [1.165, 1.54) is 11.1 Å². The zero-order valence-electron chi connectivity index (χ0n) is 22.8. The summed E-state index contributed by atoms with van der Waals surface area (Å²) >= 11 is 0. The highest BCUT2D eigenvalue weighted by atomic mass is 16.5. The van der Waals surface area contributed by atoms with Gasteiger partial charge in [0.1, 0.15) is 13.2 Å². The van der Waals surface area contributed by atoms with Crippen LogP contribution < -0.4 is 24.3 Å². The fourth-order valence-corrected chi connectivity index (χ4v) is 4.91. The second kappa shape index (κ2) is 12.5. The molecule has 4 aromatic carbocycles. The molecule has 0 saturated carbocycles. The van der Waals surface area contributed by atoms with Gasteiger partial charge in [0.05, 0.1) is 20.3 Å². The lowest BCUT2D eigenvalue weighted by Gasteiger charge is -2.26. The van der Waals surface area contributed by atoms with Crippen LogP contribution >= 0.6 is 0 Å². The van der Waals surface area contributed by atoms with E-state index >= 15 is 0 Å². The molecule has 200 valence electrons. The highest BCUT2D eigenvalue weighted by molar-refractivity contribution is 5.63. The van der Waals surface area contributed by atoms with Crippen molar-refractivity contribution in [2.75, 3.05) is 20.8 Å². The number of fused-ring (bicyclic) bond motifs is 1. The Morgan fingerprint density at radius 2 is 1.44 bits per heavy atom. The molecule has 1 atom stereocenters. The Balaban J connectivity index is 1.36. The molecule has 1 aliphatic rings. The van der Waals surface area contributed by atoms with Gasteiger partial charge in [-0.3, -0.25) is 0 Å². The summed E-state index contributed by atoms with van der Waals surface area (Å²) in [6.45, 7) is 3.95. The van der Waals surface area contributed by atoms with E-state index in [1.54, 1.807) is 14.2 Å². The maximum absolute atomic E-state index is 6.23. The van der Waals surface area contributed by atoms with Crippen LogP contribution in [0.25, 0.3) is 6.08 Å². The highest BCUT2D eigenvalue weighted by Gasteiger charge is 2.21. The summed E-state index contributed by atoms with van der Waals surface area (Å²) in [5.74, 6) is 3.01. The largest absolute Gasteiger partial charge is 0.493 e. The Labute approximate surface area is 231 Å². The van der Waals surface area contributed by atoms with Gasteiger partial charge in [0.2, 0.25) is 0 Å². The second-order valence-electron chi connectivity index (χ2n) is 9.60. The van der Waals surface area contributed by atoms with Gasteiger partial charge < -0.3 is 24.3 Å². The second-order valence-corrected chi connectivity index (χ2v) is 9.60. The third kappa shape index (κ3) is 6.27. The van der Waals surface area contributed by atoms with Crippen molar-refractivity contribution in [1.29, 1.82) is 0 Å². The molecule has 1 aliphatic heterocycles. The fourth-order valence-electron chi connectivity index (χ4n) is 4.91. The molecule has 1 heterocycles. The van der Waals surface area contributed by atoms with Crippen LogP contribution in [-0.2, 0) is 19.6 Å². The van der Waals surface area contributed by atoms with E-state index in [0.717, 1.165) is 58.2 Å². The van der Waals surface area contributed by atoms with Crippen molar-refractivity contribution in [3.63, 3.8) is 0 Å². The van der Waals surface area contributed by atoms with Crippen LogP contribution in [0.4, 0.5) is 0 Å². The summed E-state index contributed by atoms with van der Waals surface area (Å²) in [6, 6.07) is 28.7. The first-order chi connectivity index (χ1) is 19.2. The summed E-state index contributed by atoms with van der Waals surface area (Å²) < 4.78 is 23.7. The van der Waals surface area contributed by atoms with Gasteiger partial charge in [0.25, 0.3) is 0 Å². The lowest BCUT2D eigenvalue weighted by Crippen LogP contribution is -2.28. The number of benzene rings is 4. The van der Waals surface area contributed by atoms with Gasteiger partial charge in [-0.1, -0.05) is 78.9 Å². The van der Waals surface area contributed by atoms with E-state index in [1.807, 2.05) is 42.5 Å². The molecule has 4 aromatic rings. The molecule has 5 nitrogen and oxygen atoms in total. The summed E-state index contributed by atoms with van der Waals surface area (Å²) in [5.41, 5.74) is 6.84. The van der Waals surface area contributed by atoms with E-state index in [0.29, 0.717) is 13.2 Å². The van der Waals surface area contributed by atoms with E-state index in [9.17, 15) is 0 Å². The summed E-state index contributed by atoms with van der Waals surface area (Å²) in [4.78, 5) is 0. The molecule has 39 heavy (non-hydrogen) atoms. The number of methoxy groups -OCH3 is 2. The normalized spacial score (nSPS) is 14.6. The lowest BCUT2D eigenvalue weighted by molar-refractivity contribution is 0.282. The number of hydrogen-bond donors (Lipinski definition) is 1. The monoisotopic (exact) mass is 521 g/mol. The molecule has 0 radical (unpaired) electrons.